The van der Waals surface area contributed by atoms with E-state index in [4.69, 9.17) is 0 Å². The second-order valence-corrected chi connectivity index (χ2v) is 3.50. The zero-order valence-corrected chi connectivity index (χ0v) is 12.8. The summed E-state index contributed by atoms with van der Waals surface area (Å²) in [6.45, 7) is 0. The van der Waals surface area contributed by atoms with Gasteiger partial charge in [-0.15, -0.1) is 22.7 Å². The Hall–Kier alpha value is -1.59. The third kappa shape index (κ3) is 3.94. The van der Waals surface area contributed by atoms with Gasteiger partial charge in [-0.2, -0.15) is 5.01 Å². The molecule has 0 spiro atoms. The predicted molar refractivity (Wildman–Crippen MR) is 70.1 cm³/mol. The van der Waals surface area contributed by atoms with Crippen LogP contribution < -0.4 is 10.3 Å². The van der Waals surface area contributed by atoms with Crippen LogP contribution in [0.2, 0.25) is 0 Å². The summed E-state index contributed by atoms with van der Waals surface area (Å²) in [4.78, 5) is 21.1. The molecular formula is C13H10N3O2Y-. The zero-order valence-electron chi connectivity index (χ0n) is 9.98. The molecule has 1 N–H and O–H groups in total. The van der Waals surface area contributed by atoms with Gasteiger partial charge in [0.1, 0.15) is 0 Å². The topological polar surface area (TPSA) is 61.8 Å². The molecule has 0 unspecified atom stereocenters. The van der Waals surface area contributed by atoms with Gasteiger partial charge in [0, 0.05) is 32.7 Å². The number of nitrogens with one attached hydrogen (secondary N) is 1. The molecule has 0 heterocycles. The van der Waals surface area contributed by atoms with Crippen molar-refractivity contribution >= 4 is 23.5 Å². The Labute approximate surface area is 135 Å². The molecule has 0 aromatic heterocycles. The Balaban J connectivity index is 0.00000180. The number of carbonyl (C=O) groups excluding carboxylic acids is 1. The molecule has 2 rings (SSSR count). The molecule has 0 aliphatic rings. The molecule has 0 atom stereocenters. The number of nitroso groups, excluding NO2 is 1. The summed E-state index contributed by atoms with van der Waals surface area (Å²) in [6.07, 6.45) is 1.58. The summed E-state index contributed by atoms with van der Waals surface area (Å²) in [6, 6.07) is 15.8. The minimum atomic E-state index is 0. The van der Waals surface area contributed by atoms with Gasteiger partial charge in [0.15, 0.2) is 0 Å². The molecular weight excluding hydrogens is 319 g/mol. The van der Waals surface area contributed by atoms with Crippen LogP contribution in [0.5, 0.6) is 0 Å². The third-order valence-corrected chi connectivity index (χ3v) is 2.39. The SMILES string of the molecule is O=[C-]Nc1ccc(N(N=O)c2ccccc2)cc1.[Y]. The molecule has 6 heteroatoms. The Bertz CT molecular complexity index is 531. The number of nitrogens with zero attached hydrogens (tertiary/aromatic N) is 2. The van der Waals surface area contributed by atoms with Crippen molar-refractivity contribution in [1.82, 2.24) is 0 Å². The van der Waals surface area contributed by atoms with Gasteiger partial charge in [0.2, 0.25) is 0 Å². The van der Waals surface area contributed by atoms with Gasteiger partial charge < -0.3 is 10.1 Å². The Morgan fingerprint density at radius 1 is 0.947 bits per heavy atom. The minimum Gasteiger partial charge on any atom is -0.490 e. The first kappa shape index (κ1) is 15.5. The largest absolute Gasteiger partial charge is 0.490 e. The molecule has 0 aliphatic carbocycles. The van der Waals surface area contributed by atoms with E-state index in [1.165, 1.54) is 5.01 Å². The second kappa shape index (κ2) is 7.76. The minimum absolute atomic E-state index is 0. The molecule has 0 aliphatic heterocycles. The molecule has 0 fully saturated rings. The zero-order chi connectivity index (χ0) is 12.8. The Morgan fingerprint density at radius 2 is 1.53 bits per heavy atom. The molecule has 2 aromatic rings. The van der Waals surface area contributed by atoms with Crippen LogP contribution >= 0.6 is 0 Å². The number of hydrogen-bond donors (Lipinski definition) is 1. The molecule has 0 saturated heterocycles. The Morgan fingerprint density at radius 3 is 2.05 bits per heavy atom. The van der Waals surface area contributed by atoms with Gasteiger partial charge in [-0.25, -0.2) is 0 Å². The van der Waals surface area contributed by atoms with Crippen LogP contribution in [0.25, 0.3) is 0 Å². The van der Waals surface area contributed by atoms with Crippen LogP contribution in [0.15, 0.2) is 59.9 Å². The maximum Gasteiger partial charge on any atom is 0.0692 e. The van der Waals surface area contributed by atoms with Gasteiger partial charge in [-0.1, -0.05) is 30.3 Å². The van der Waals surface area contributed by atoms with E-state index in [-0.39, 0.29) is 32.7 Å². The maximum absolute atomic E-state index is 10.9. The molecule has 93 valence electrons. The van der Waals surface area contributed by atoms with Crippen LogP contribution in [-0.2, 0) is 37.5 Å². The van der Waals surface area contributed by atoms with Crippen molar-refractivity contribution < 1.29 is 37.5 Å². The van der Waals surface area contributed by atoms with Crippen LogP contribution in [0.4, 0.5) is 17.1 Å². The van der Waals surface area contributed by atoms with E-state index in [1.54, 1.807) is 42.8 Å². The number of hydrogen-bond acceptors (Lipinski definition) is 3. The van der Waals surface area contributed by atoms with E-state index in [2.05, 4.69) is 10.6 Å². The van der Waals surface area contributed by atoms with Gasteiger partial charge in [0.05, 0.1) is 23.1 Å². The van der Waals surface area contributed by atoms with Gasteiger partial charge in [-0.3, -0.25) is 0 Å². The van der Waals surface area contributed by atoms with Crippen molar-refractivity contribution in [1.29, 1.82) is 0 Å². The summed E-state index contributed by atoms with van der Waals surface area (Å²) in [5, 5.41) is 6.66. The number of amides is 1. The number of benzene rings is 2. The van der Waals surface area contributed by atoms with Crippen molar-refractivity contribution in [2.24, 2.45) is 5.29 Å². The van der Waals surface area contributed by atoms with E-state index in [0.29, 0.717) is 17.1 Å². The average Bonchev–Trinajstić information content (AvgIpc) is 2.43. The monoisotopic (exact) mass is 329 g/mol. The summed E-state index contributed by atoms with van der Waals surface area (Å²) in [5.74, 6) is 0. The predicted octanol–water partition coefficient (Wildman–Crippen LogP) is 2.98. The van der Waals surface area contributed by atoms with Crippen molar-refractivity contribution in [3.63, 3.8) is 0 Å². The van der Waals surface area contributed by atoms with E-state index in [1.807, 2.05) is 18.2 Å². The summed E-state index contributed by atoms with van der Waals surface area (Å²) >= 11 is 0. The van der Waals surface area contributed by atoms with Crippen molar-refractivity contribution in [3.8, 4) is 0 Å². The van der Waals surface area contributed by atoms with Crippen molar-refractivity contribution in [3.05, 3.63) is 59.5 Å². The van der Waals surface area contributed by atoms with Crippen LogP contribution in [0.3, 0.4) is 0 Å². The van der Waals surface area contributed by atoms with Crippen molar-refractivity contribution in [2.45, 2.75) is 0 Å². The first-order valence-corrected chi connectivity index (χ1v) is 5.27. The first-order chi connectivity index (χ1) is 8.85. The fourth-order valence-electron chi connectivity index (χ4n) is 1.56. The fraction of sp³-hybridized carbons (Fsp3) is 0. The first-order valence-electron chi connectivity index (χ1n) is 5.27. The standard InChI is InChI=1S/C13H10N3O2.Y/c17-10-14-11-6-8-13(9-7-11)16(15-18)12-4-2-1-3-5-12;/h1-9H,(H,14,17);/q-1;. The normalized spacial score (nSPS) is 9.05. The molecule has 0 saturated carbocycles. The fourth-order valence-corrected chi connectivity index (χ4v) is 1.56. The number of anilines is 3. The smallest absolute Gasteiger partial charge is 0.0692 e. The van der Waals surface area contributed by atoms with Crippen molar-refractivity contribution in [2.75, 3.05) is 10.3 Å². The second-order valence-electron chi connectivity index (χ2n) is 3.50. The van der Waals surface area contributed by atoms with Crippen LogP contribution in [0, 0.1) is 4.91 Å². The molecule has 19 heavy (non-hydrogen) atoms. The van der Waals surface area contributed by atoms with Gasteiger partial charge in [-0.05, 0) is 12.1 Å². The van der Waals surface area contributed by atoms with Gasteiger partial charge in [0.25, 0.3) is 0 Å². The van der Waals surface area contributed by atoms with E-state index >= 15 is 0 Å². The van der Waals surface area contributed by atoms with E-state index in [9.17, 15) is 9.70 Å². The number of rotatable bonds is 5. The summed E-state index contributed by atoms with van der Waals surface area (Å²) < 4.78 is 0. The molecule has 0 bridgehead atoms. The average molecular weight is 329 g/mol. The van der Waals surface area contributed by atoms with Crippen LogP contribution in [0.1, 0.15) is 0 Å². The number of para-hydroxylation sites is 1. The molecule has 1 amide bonds. The quantitative estimate of drug-likeness (QED) is 0.397. The van der Waals surface area contributed by atoms with Crippen LogP contribution in [-0.4, -0.2) is 6.41 Å². The summed E-state index contributed by atoms with van der Waals surface area (Å²) in [5.41, 5.74) is 1.90. The van der Waals surface area contributed by atoms with E-state index < -0.39 is 0 Å². The van der Waals surface area contributed by atoms with E-state index in [0.717, 1.165) is 0 Å². The summed E-state index contributed by atoms with van der Waals surface area (Å²) in [7, 11) is 0. The molecule has 2 aromatic carbocycles. The maximum atomic E-state index is 10.9. The van der Waals surface area contributed by atoms with Gasteiger partial charge >= 0.3 is 0 Å². The third-order valence-electron chi connectivity index (χ3n) is 2.39. The molecule has 1 radical (unpaired) electrons. The molecule has 5 nitrogen and oxygen atoms in total. The Kier molecular flexibility index (Phi) is 6.32.